The number of rotatable bonds is 7. The summed E-state index contributed by atoms with van der Waals surface area (Å²) in [6.45, 7) is 8.98. The lowest BCUT2D eigenvalue weighted by molar-refractivity contribution is 0.0307. The molecule has 1 aromatic carbocycles. The van der Waals surface area contributed by atoms with Gasteiger partial charge in [-0.25, -0.2) is 4.98 Å². The number of hydrogen-bond donors (Lipinski definition) is 1. The van der Waals surface area contributed by atoms with Gasteiger partial charge in [-0.05, 0) is 37.9 Å². The van der Waals surface area contributed by atoms with Gasteiger partial charge < -0.3 is 24.1 Å². The number of ether oxygens (including phenoxy) is 3. The second kappa shape index (κ2) is 9.56. The van der Waals surface area contributed by atoms with Crippen molar-refractivity contribution in [1.29, 1.82) is 0 Å². The summed E-state index contributed by atoms with van der Waals surface area (Å²) in [6.07, 6.45) is 3.68. The van der Waals surface area contributed by atoms with Crippen molar-refractivity contribution in [3.8, 4) is 11.5 Å². The minimum Gasteiger partial charge on any atom is -0.493 e. The molecular formula is C21H30N4O4. The Morgan fingerprint density at radius 1 is 1.10 bits per heavy atom. The molecule has 0 aliphatic carbocycles. The molecule has 0 unspecified atom stereocenters. The minimum absolute atomic E-state index is 0.177. The molecule has 29 heavy (non-hydrogen) atoms. The lowest BCUT2D eigenvalue weighted by atomic mass is 9.98. The van der Waals surface area contributed by atoms with Gasteiger partial charge in [0.2, 0.25) is 0 Å². The molecule has 0 spiro atoms. The first-order chi connectivity index (χ1) is 14.2. The number of H-pyrrole nitrogens is 1. The average molecular weight is 402 g/mol. The molecular weight excluding hydrogens is 372 g/mol. The number of morpholine rings is 1. The highest BCUT2D eigenvalue weighted by Gasteiger charge is 2.21. The van der Waals surface area contributed by atoms with Crippen LogP contribution in [-0.2, 0) is 4.74 Å². The Morgan fingerprint density at radius 3 is 2.55 bits per heavy atom. The van der Waals surface area contributed by atoms with Crippen LogP contribution >= 0.6 is 0 Å². The third-order valence-electron chi connectivity index (χ3n) is 5.94. The van der Waals surface area contributed by atoms with Crippen molar-refractivity contribution < 1.29 is 14.2 Å². The van der Waals surface area contributed by atoms with Crippen LogP contribution < -0.4 is 15.0 Å². The zero-order valence-electron chi connectivity index (χ0n) is 17.1. The molecule has 2 saturated heterocycles. The first-order valence-electron chi connectivity index (χ1n) is 10.4. The second-order valence-corrected chi connectivity index (χ2v) is 7.80. The van der Waals surface area contributed by atoms with Gasteiger partial charge in [-0.15, -0.1) is 0 Å². The van der Waals surface area contributed by atoms with Gasteiger partial charge >= 0.3 is 0 Å². The smallest absolute Gasteiger partial charge is 0.258 e. The largest absolute Gasteiger partial charge is 0.493 e. The van der Waals surface area contributed by atoms with Gasteiger partial charge in [0.15, 0.2) is 11.5 Å². The van der Waals surface area contributed by atoms with E-state index in [2.05, 4.69) is 19.8 Å². The number of hydrogen-bond acceptors (Lipinski definition) is 7. The van der Waals surface area contributed by atoms with Crippen molar-refractivity contribution >= 4 is 10.9 Å². The molecule has 0 saturated carbocycles. The minimum atomic E-state index is -0.177. The van der Waals surface area contributed by atoms with E-state index in [0.29, 0.717) is 34.9 Å². The van der Waals surface area contributed by atoms with E-state index in [-0.39, 0.29) is 5.56 Å². The summed E-state index contributed by atoms with van der Waals surface area (Å²) in [4.78, 5) is 23.8. The average Bonchev–Trinajstić information content (AvgIpc) is 2.77. The molecule has 0 bridgehead atoms. The molecule has 1 aromatic heterocycles. The number of benzene rings is 1. The van der Waals surface area contributed by atoms with Gasteiger partial charge in [0.25, 0.3) is 5.56 Å². The van der Waals surface area contributed by atoms with Crippen LogP contribution in [0.1, 0.15) is 12.8 Å². The van der Waals surface area contributed by atoms with Gasteiger partial charge in [0.1, 0.15) is 0 Å². The Morgan fingerprint density at radius 2 is 1.83 bits per heavy atom. The summed E-state index contributed by atoms with van der Waals surface area (Å²) >= 11 is 0. The van der Waals surface area contributed by atoms with E-state index < -0.39 is 0 Å². The Kier molecular flexibility index (Phi) is 6.63. The summed E-state index contributed by atoms with van der Waals surface area (Å²) in [5.74, 6) is 1.74. The van der Waals surface area contributed by atoms with E-state index in [9.17, 15) is 4.79 Å². The summed E-state index contributed by atoms with van der Waals surface area (Å²) in [6, 6.07) is 3.49. The van der Waals surface area contributed by atoms with Crippen LogP contribution in [0, 0.1) is 5.92 Å². The monoisotopic (exact) mass is 402 g/mol. The predicted octanol–water partition coefficient (Wildman–Crippen LogP) is 1.35. The molecule has 0 amide bonds. The lowest BCUT2D eigenvalue weighted by Gasteiger charge is -2.34. The van der Waals surface area contributed by atoms with E-state index in [4.69, 9.17) is 14.2 Å². The third-order valence-corrected chi connectivity index (χ3v) is 5.94. The van der Waals surface area contributed by atoms with Crippen molar-refractivity contribution in [2.75, 3.05) is 66.2 Å². The first-order valence-corrected chi connectivity index (χ1v) is 10.4. The van der Waals surface area contributed by atoms with E-state index in [1.165, 1.54) is 6.33 Å². The topological polar surface area (TPSA) is 79.9 Å². The van der Waals surface area contributed by atoms with Crippen LogP contribution in [-0.4, -0.2) is 86.0 Å². The predicted molar refractivity (Wildman–Crippen MR) is 111 cm³/mol. The van der Waals surface area contributed by atoms with Crippen molar-refractivity contribution in [2.24, 2.45) is 5.92 Å². The first kappa shape index (κ1) is 20.1. The number of aromatic nitrogens is 2. The van der Waals surface area contributed by atoms with E-state index in [0.717, 1.165) is 65.3 Å². The zero-order valence-corrected chi connectivity index (χ0v) is 17.1. The summed E-state index contributed by atoms with van der Waals surface area (Å²) in [7, 11) is 1.59. The number of likely N-dealkylation sites (tertiary alicyclic amines) is 1. The molecule has 0 radical (unpaired) electrons. The van der Waals surface area contributed by atoms with E-state index in [1.54, 1.807) is 19.2 Å². The van der Waals surface area contributed by atoms with Crippen LogP contribution in [0.4, 0.5) is 0 Å². The molecule has 8 nitrogen and oxygen atoms in total. The van der Waals surface area contributed by atoms with E-state index in [1.807, 2.05) is 0 Å². The maximum Gasteiger partial charge on any atom is 0.258 e. The van der Waals surface area contributed by atoms with Gasteiger partial charge in [-0.2, -0.15) is 0 Å². The molecule has 1 N–H and O–H groups in total. The van der Waals surface area contributed by atoms with Crippen molar-refractivity contribution in [3.05, 3.63) is 28.8 Å². The SMILES string of the molecule is COc1cc2c(=O)[nH]cnc2cc1OCC1CCN(CCN2CCOCC2)CC1. The molecule has 158 valence electrons. The van der Waals surface area contributed by atoms with Crippen LogP contribution in [0.2, 0.25) is 0 Å². The summed E-state index contributed by atoms with van der Waals surface area (Å²) in [5, 5.41) is 0.505. The molecule has 4 rings (SSSR count). The fourth-order valence-corrected chi connectivity index (χ4v) is 4.04. The highest BCUT2D eigenvalue weighted by atomic mass is 16.5. The summed E-state index contributed by atoms with van der Waals surface area (Å²) in [5.41, 5.74) is 0.437. The highest BCUT2D eigenvalue weighted by molar-refractivity contribution is 5.81. The fraction of sp³-hybridized carbons (Fsp3) is 0.619. The Labute approximate surface area is 170 Å². The molecule has 2 aromatic rings. The van der Waals surface area contributed by atoms with Gasteiger partial charge in [-0.3, -0.25) is 9.69 Å². The lowest BCUT2D eigenvalue weighted by Crippen LogP contribution is -2.43. The zero-order chi connectivity index (χ0) is 20.1. The van der Waals surface area contributed by atoms with E-state index >= 15 is 0 Å². The fourth-order valence-electron chi connectivity index (χ4n) is 4.04. The number of piperidine rings is 1. The number of fused-ring (bicyclic) bond motifs is 1. The normalized spacial score (nSPS) is 19.5. The maximum atomic E-state index is 11.9. The highest BCUT2D eigenvalue weighted by Crippen LogP contribution is 2.31. The van der Waals surface area contributed by atoms with Crippen LogP contribution in [0.25, 0.3) is 10.9 Å². The third kappa shape index (κ3) is 5.07. The number of nitrogens with zero attached hydrogens (tertiary/aromatic N) is 3. The molecule has 8 heteroatoms. The van der Waals surface area contributed by atoms with Crippen molar-refractivity contribution in [3.63, 3.8) is 0 Å². The van der Waals surface area contributed by atoms with Gasteiger partial charge in [0, 0.05) is 32.2 Å². The quantitative estimate of drug-likeness (QED) is 0.749. The number of nitrogens with one attached hydrogen (secondary N) is 1. The Balaban J connectivity index is 1.27. The molecule has 2 aliphatic rings. The molecule has 2 fully saturated rings. The van der Waals surface area contributed by atoms with Crippen LogP contribution in [0.5, 0.6) is 11.5 Å². The number of aromatic amines is 1. The molecule has 2 aliphatic heterocycles. The standard InChI is InChI=1S/C21H30N4O4/c1-27-19-12-17-18(22-15-23-21(17)26)13-20(19)29-14-16-2-4-24(5-3-16)6-7-25-8-10-28-11-9-25/h12-13,15-16H,2-11,14H2,1H3,(H,22,23,26). The second-order valence-electron chi connectivity index (χ2n) is 7.80. The summed E-state index contributed by atoms with van der Waals surface area (Å²) < 4.78 is 16.9. The Hall–Kier alpha value is -2.16. The molecule has 0 atom stereocenters. The Bertz CT molecular complexity index is 857. The maximum absolute atomic E-state index is 11.9. The molecule has 3 heterocycles. The number of methoxy groups -OCH3 is 1. The van der Waals surface area contributed by atoms with Crippen molar-refractivity contribution in [2.45, 2.75) is 12.8 Å². The van der Waals surface area contributed by atoms with Crippen LogP contribution in [0.3, 0.4) is 0 Å². The van der Waals surface area contributed by atoms with Crippen LogP contribution in [0.15, 0.2) is 23.3 Å². The van der Waals surface area contributed by atoms with Gasteiger partial charge in [0.05, 0.1) is 44.2 Å². The van der Waals surface area contributed by atoms with Crippen molar-refractivity contribution in [1.82, 2.24) is 19.8 Å². The van der Waals surface area contributed by atoms with Gasteiger partial charge in [-0.1, -0.05) is 0 Å².